The van der Waals surface area contributed by atoms with E-state index in [4.69, 9.17) is 14.2 Å². The van der Waals surface area contributed by atoms with Gasteiger partial charge in [0.2, 0.25) is 0 Å². The Hall–Kier alpha value is -0.610. The van der Waals surface area contributed by atoms with Gasteiger partial charge in [0.1, 0.15) is 5.60 Å². The van der Waals surface area contributed by atoms with E-state index in [1.54, 1.807) is 0 Å². The average Bonchev–Trinajstić information content (AvgIpc) is 2.24. The average molecular weight is 260 g/mol. The van der Waals surface area contributed by atoms with Gasteiger partial charge in [0.25, 0.3) is 0 Å². The molecular formula is C14H28O4. The minimum atomic E-state index is -0.417. The molecule has 0 rings (SSSR count). The molecule has 0 aromatic rings. The smallest absolute Gasteiger partial charge is 0.308 e. The lowest BCUT2D eigenvalue weighted by atomic mass is 10.2. The van der Waals surface area contributed by atoms with Gasteiger partial charge >= 0.3 is 5.97 Å². The molecule has 0 amide bonds. The molecule has 0 saturated heterocycles. The molecule has 108 valence electrons. The highest BCUT2D eigenvalue weighted by Gasteiger charge is 2.15. The van der Waals surface area contributed by atoms with Crippen molar-refractivity contribution in [3.63, 3.8) is 0 Å². The largest absolute Gasteiger partial charge is 0.460 e. The third kappa shape index (κ3) is 13.5. The monoisotopic (exact) mass is 260 g/mol. The van der Waals surface area contributed by atoms with Crippen molar-refractivity contribution >= 4 is 5.97 Å². The molecule has 18 heavy (non-hydrogen) atoms. The Bertz CT molecular complexity index is 208. The number of hydrogen-bond donors (Lipinski definition) is 0. The van der Waals surface area contributed by atoms with Crippen LogP contribution in [0.25, 0.3) is 0 Å². The number of ether oxygens (including phenoxy) is 3. The van der Waals surface area contributed by atoms with Crippen LogP contribution in [0.5, 0.6) is 0 Å². The van der Waals surface area contributed by atoms with E-state index >= 15 is 0 Å². The Kier molecular flexibility index (Phi) is 9.98. The van der Waals surface area contributed by atoms with Crippen molar-refractivity contribution in [2.24, 2.45) is 0 Å². The van der Waals surface area contributed by atoms with Crippen LogP contribution in [-0.4, -0.2) is 38.0 Å². The summed E-state index contributed by atoms with van der Waals surface area (Å²) in [5.41, 5.74) is -0.417. The van der Waals surface area contributed by atoms with Crippen molar-refractivity contribution in [1.29, 1.82) is 0 Å². The summed E-state index contributed by atoms with van der Waals surface area (Å²) in [7, 11) is 0. The molecule has 0 aromatic carbocycles. The third-order valence-corrected chi connectivity index (χ3v) is 2.13. The van der Waals surface area contributed by atoms with Crippen LogP contribution in [0.2, 0.25) is 0 Å². The molecule has 0 fully saturated rings. The van der Waals surface area contributed by atoms with Crippen molar-refractivity contribution in [2.45, 2.75) is 59.0 Å². The van der Waals surface area contributed by atoms with Crippen LogP contribution in [0.15, 0.2) is 0 Å². The molecular weight excluding hydrogens is 232 g/mol. The normalized spacial score (nSPS) is 11.6. The van der Waals surface area contributed by atoms with Crippen molar-refractivity contribution in [3.05, 3.63) is 0 Å². The summed E-state index contributed by atoms with van der Waals surface area (Å²) in [6, 6.07) is 0. The maximum absolute atomic E-state index is 11.3. The highest BCUT2D eigenvalue weighted by Crippen LogP contribution is 2.07. The Morgan fingerprint density at radius 1 is 0.944 bits per heavy atom. The fourth-order valence-electron chi connectivity index (χ4n) is 1.32. The van der Waals surface area contributed by atoms with Crippen LogP contribution in [-0.2, 0) is 19.0 Å². The molecule has 4 nitrogen and oxygen atoms in total. The third-order valence-electron chi connectivity index (χ3n) is 2.13. The lowest BCUT2D eigenvalue weighted by molar-refractivity contribution is -0.156. The summed E-state index contributed by atoms with van der Waals surface area (Å²) in [5, 5.41) is 0. The van der Waals surface area contributed by atoms with E-state index in [0.29, 0.717) is 26.2 Å². The maximum Gasteiger partial charge on any atom is 0.308 e. The first kappa shape index (κ1) is 17.4. The number of rotatable bonds is 10. The summed E-state index contributed by atoms with van der Waals surface area (Å²) in [6.45, 7) is 10.1. The zero-order valence-corrected chi connectivity index (χ0v) is 12.3. The number of carbonyl (C=O) groups excluding carboxylic acids is 1. The van der Waals surface area contributed by atoms with E-state index in [1.807, 2.05) is 20.8 Å². The quantitative estimate of drug-likeness (QED) is 0.447. The molecule has 0 aromatic heterocycles. The zero-order chi connectivity index (χ0) is 13.9. The fourth-order valence-corrected chi connectivity index (χ4v) is 1.32. The van der Waals surface area contributed by atoms with Crippen LogP contribution in [0.1, 0.15) is 53.4 Å². The van der Waals surface area contributed by atoms with Gasteiger partial charge in [-0.3, -0.25) is 4.79 Å². The Labute approximate surface area is 111 Å². The standard InChI is InChI=1S/C14H28O4/c1-5-6-7-9-16-11-12-17-10-8-13(15)18-14(2,3)4/h5-12H2,1-4H3. The molecule has 0 heterocycles. The zero-order valence-electron chi connectivity index (χ0n) is 12.3. The van der Waals surface area contributed by atoms with Crippen molar-refractivity contribution < 1.29 is 19.0 Å². The minimum Gasteiger partial charge on any atom is -0.460 e. The van der Waals surface area contributed by atoms with E-state index in [1.165, 1.54) is 12.8 Å². The van der Waals surface area contributed by atoms with Crippen molar-refractivity contribution in [1.82, 2.24) is 0 Å². The van der Waals surface area contributed by atoms with Crippen LogP contribution in [0.3, 0.4) is 0 Å². The van der Waals surface area contributed by atoms with E-state index in [-0.39, 0.29) is 5.97 Å². The first-order valence-corrected chi connectivity index (χ1v) is 6.83. The van der Waals surface area contributed by atoms with Gasteiger partial charge in [0.05, 0.1) is 26.2 Å². The van der Waals surface area contributed by atoms with Crippen molar-refractivity contribution in [3.8, 4) is 0 Å². The highest BCUT2D eigenvalue weighted by molar-refractivity contribution is 5.69. The highest BCUT2D eigenvalue weighted by atomic mass is 16.6. The van der Waals surface area contributed by atoms with Crippen LogP contribution < -0.4 is 0 Å². The van der Waals surface area contributed by atoms with Crippen LogP contribution >= 0.6 is 0 Å². The number of hydrogen-bond acceptors (Lipinski definition) is 4. The molecule has 0 aliphatic carbocycles. The number of carbonyl (C=O) groups is 1. The second-order valence-corrected chi connectivity index (χ2v) is 5.27. The Balaban J connectivity index is 3.23. The lowest BCUT2D eigenvalue weighted by Crippen LogP contribution is -2.24. The van der Waals surface area contributed by atoms with Gasteiger partial charge in [0.15, 0.2) is 0 Å². The molecule has 0 aliphatic rings. The molecule has 0 unspecified atom stereocenters. The predicted octanol–water partition coefficient (Wildman–Crippen LogP) is 2.94. The molecule has 0 radical (unpaired) electrons. The Morgan fingerprint density at radius 2 is 1.56 bits per heavy atom. The fraction of sp³-hybridized carbons (Fsp3) is 0.929. The van der Waals surface area contributed by atoms with E-state index in [2.05, 4.69) is 6.92 Å². The lowest BCUT2D eigenvalue weighted by Gasteiger charge is -2.19. The second kappa shape index (κ2) is 10.3. The van der Waals surface area contributed by atoms with Gasteiger partial charge < -0.3 is 14.2 Å². The van der Waals surface area contributed by atoms with Gasteiger partial charge in [0, 0.05) is 6.61 Å². The second-order valence-electron chi connectivity index (χ2n) is 5.27. The summed E-state index contributed by atoms with van der Waals surface area (Å²) >= 11 is 0. The van der Waals surface area contributed by atoms with E-state index in [9.17, 15) is 4.79 Å². The number of unbranched alkanes of at least 4 members (excludes halogenated alkanes) is 2. The predicted molar refractivity (Wildman–Crippen MR) is 71.6 cm³/mol. The van der Waals surface area contributed by atoms with Gasteiger partial charge in [-0.05, 0) is 27.2 Å². The summed E-state index contributed by atoms with van der Waals surface area (Å²) in [6.07, 6.45) is 3.82. The molecule has 0 N–H and O–H groups in total. The number of esters is 1. The summed E-state index contributed by atoms with van der Waals surface area (Å²) in [5.74, 6) is -0.216. The van der Waals surface area contributed by atoms with Gasteiger partial charge in [-0.1, -0.05) is 19.8 Å². The van der Waals surface area contributed by atoms with Gasteiger partial charge in [-0.2, -0.15) is 0 Å². The first-order valence-electron chi connectivity index (χ1n) is 6.83. The first-order chi connectivity index (χ1) is 8.45. The van der Waals surface area contributed by atoms with Gasteiger partial charge in [-0.15, -0.1) is 0 Å². The minimum absolute atomic E-state index is 0.216. The maximum atomic E-state index is 11.3. The summed E-state index contributed by atoms with van der Waals surface area (Å²) < 4.78 is 15.8. The van der Waals surface area contributed by atoms with Gasteiger partial charge in [-0.25, -0.2) is 0 Å². The summed E-state index contributed by atoms with van der Waals surface area (Å²) in [4.78, 5) is 11.3. The SMILES string of the molecule is CCCCCOCCOCCC(=O)OC(C)(C)C. The molecule has 0 spiro atoms. The van der Waals surface area contributed by atoms with Crippen molar-refractivity contribution in [2.75, 3.05) is 26.4 Å². The molecule has 4 heteroatoms. The molecule has 0 aliphatic heterocycles. The Morgan fingerprint density at radius 3 is 2.11 bits per heavy atom. The van der Waals surface area contributed by atoms with E-state index < -0.39 is 5.60 Å². The van der Waals surface area contributed by atoms with Crippen LogP contribution in [0, 0.1) is 0 Å². The topological polar surface area (TPSA) is 44.8 Å². The molecule has 0 saturated carbocycles. The molecule has 0 bridgehead atoms. The van der Waals surface area contributed by atoms with Crippen LogP contribution in [0.4, 0.5) is 0 Å². The molecule has 0 atom stereocenters. The van der Waals surface area contributed by atoms with E-state index in [0.717, 1.165) is 13.0 Å².